The average Bonchev–Trinajstić information content (AvgIpc) is 3.13. The molecule has 1 aliphatic rings. The Labute approximate surface area is 169 Å². The molecule has 0 aromatic heterocycles. The number of ether oxygens (including phenoxy) is 3. The molecule has 29 heavy (non-hydrogen) atoms. The minimum Gasteiger partial charge on any atom is -0.497 e. The second-order valence-electron chi connectivity index (χ2n) is 6.84. The van der Waals surface area contributed by atoms with Crippen LogP contribution in [0.4, 0.5) is 5.69 Å². The molecule has 2 aromatic rings. The molecule has 152 valence electrons. The lowest BCUT2D eigenvalue weighted by molar-refractivity contribution is -0.147. The number of aryl methyl sites for hydroxylation is 1. The summed E-state index contributed by atoms with van der Waals surface area (Å²) in [5.41, 5.74) is 2.13. The van der Waals surface area contributed by atoms with Crippen molar-refractivity contribution in [1.82, 2.24) is 0 Å². The highest BCUT2D eigenvalue weighted by molar-refractivity contribution is 6.02. The minimum atomic E-state index is -0.602. The summed E-state index contributed by atoms with van der Waals surface area (Å²) in [5.74, 6) is -0.803. The first kappa shape index (κ1) is 20.4. The molecule has 0 saturated carbocycles. The van der Waals surface area contributed by atoms with E-state index >= 15 is 0 Å². The second-order valence-corrected chi connectivity index (χ2v) is 6.84. The topological polar surface area (TPSA) is 82.1 Å². The number of methoxy groups -OCH3 is 2. The van der Waals surface area contributed by atoms with E-state index in [0.29, 0.717) is 17.1 Å². The van der Waals surface area contributed by atoms with Gasteiger partial charge in [-0.25, -0.2) is 0 Å². The number of benzene rings is 2. The molecule has 1 amide bonds. The van der Waals surface area contributed by atoms with Crippen LogP contribution in [0.5, 0.6) is 11.5 Å². The molecular formula is C22H23NO6. The van der Waals surface area contributed by atoms with Gasteiger partial charge in [-0.3, -0.25) is 14.4 Å². The van der Waals surface area contributed by atoms with Crippen molar-refractivity contribution in [3.63, 3.8) is 0 Å². The van der Waals surface area contributed by atoms with Gasteiger partial charge in [-0.2, -0.15) is 0 Å². The lowest BCUT2D eigenvalue weighted by Crippen LogP contribution is -2.27. The molecule has 1 atom stereocenters. The van der Waals surface area contributed by atoms with Crippen LogP contribution < -0.4 is 14.4 Å². The van der Waals surface area contributed by atoms with Crippen molar-refractivity contribution in [1.29, 1.82) is 0 Å². The normalized spacial score (nSPS) is 15.9. The Morgan fingerprint density at radius 3 is 2.45 bits per heavy atom. The molecule has 1 fully saturated rings. The van der Waals surface area contributed by atoms with Gasteiger partial charge in [0.05, 0.1) is 25.7 Å². The van der Waals surface area contributed by atoms with Crippen molar-refractivity contribution >= 4 is 23.3 Å². The van der Waals surface area contributed by atoms with Crippen LogP contribution in [-0.2, 0) is 14.3 Å². The number of esters is 1. The quantitative estimate of drug-likeness (QED) is 0.528. The van der Waals surface area contributed by atoms with Crippen molar-refractivity contribution < 1.29 is 28.6 Å². The third-order valence-corrected chi connectivity index (χ3v) is 4.86. The third-order valence-electron chi connectivity index (χ3n) is 4.86. The van der Waals surface area contributed by atoms with Crippen molar-refractivity contribution in [2.24, 2.45) is 5.92 Å². The first-order valence-electron chi connectivity index (χ1n) is 9.22. The first-order valence-corrected chi connectivity index (χ1v) is 9.22. The lowest BCUT2D eigenvalue weighted by atomic mass is 10.1. The Bertz CT molecular complexity index is 921. The number of ketones is 1. The Balaban J connectivity index is 1.60. The molecule has 7 nitrogen and oxygen atoms in total. The Kier molecular flexibility index (Phi) is 6.16. The van der Waals surface area contributed by atoms with Gasteiger partial charge in [0.1, 0.15) is 11.5 Å². The van der Waals surface area contributed by atoms with Crippen LogP contribution in [0.3, 0.4) is 0 Å². The van der Waals surface area contributed by atoms with Crippen molar-refractivity contribution in [2.45, 2.75) is 13.3 Å². The molecule has 0 aliphatic carbocycles. The Hall–Kier alpha value is -3.35. The van der Waals surface area contributed by atoms with Crippen molar-refractivity contribution in [3.05, 3.63) is 53.6 Å². The van der Waals surface area contributed by atoms with E-state index < -0.39 is 24.3 Å². The van der Waals surface area contributed by atoms with E-state index in [9.17, 15) is 14.4 Å². The lowest BCUT2D eigenvalue weighted by Gasteiger charge is -2.16. The van der Waals surface area contributed by atoms with Crippen LogP contribution >= 0.6 is 0 Å². The zero-order chi connectivity index (χ0) is 21.0. The molecule has 1 aliphatic heterocycles. The molecule has 3 rings (SSSR count). The van der Waals surface area contributed by atoms with Gasteiger partial charge in [0.2, 0.25) is 11.7 Å². The summed E-state index contributed by atoms with van der Waals surface area (Å²) in [6.07, 6.45) is 0.0623. The maximum atomic E-state index is 12.5. The predicted octanol–water partition coefficient (Wildman–Crippen LogP) is 2.79. The SMILES string of the molecule is COc1ccc(C(=O)COC(=O)C2CC(=O)N(c3ccc(C)cc3)C2)c(OC)c1. The molecule has 0 spiro atoms. The summed E-state index contributed by atoms with van der Waals surface area (Å²) in [4.78, 5) is 38.7. The largest absolute Gasteiger partial charge is 0.497 e. The fourth-order valence-corrected chi connectivity index (χ4v) is 3.20. The highest BCUT2D eigenvalue weighted by Gasteiger charge is 2.36. The number of Topliss-reactive ketones (excluding diaryl/α,β-unsaturated/α-hetero) is 1. The van der Waals surface area contributed by atoms with Gasteiger partial charge in [0.15, 0.2) is 6.61 Å². The van der Waals surface area contributed by atoms with E-state index in [2.05, 4.69) is 0 Å². The summed E-state index contributed by atoms with van der Waals surface area (Å²) in [6, 6.07) is 12.3. The number of nitrogens with zero attached hydrogens (tertiary/aromatic N) is 1. The standard InChI is InChI=1S/C22H23NO6/c1-14-4-6-16(7-5-14)23-12-15(10-21(23)25)22(26)29-13-19(24)18-9-8-17(27-2)11-20(18)28-3/h4-9,11,15H,10,12-13H2,1-3H3. The van der Waals surface area contributed by atoms with E-state index in [1.165, 1.54) is 14.2 Å². The van der Waals surface area contributed by atoms with Gasteiger partial charge in [-0.1, -0.05) is 17.7 Å². The number of amides is 1. The van der Waals surface area contributed by atoms with Crippen molar-refractivity contribution in [3.8, 4) is 11.5 Å². The van der Waals surface area contributed by atoms with E-state index in [-0.39, 0.29) is 18.9 Å². The van der Waals surface area contributed by atoms with Gasteiger partial charge < -0.3 is 19.1 Å². The molecule has 1 heterocycles. The summed E-state index contributed by atoms with van der Waals surface area (Å²) in [5, 5.41) is 0. The van der Waals surface area contributed by atoms with Crippen LogP contribution in [0.15, 0.2) is 42.5 Å². The number of carbonyl (C=O) groups is 3. The molecule has 7 heteroatoms. The van der Waals surface area contributed by atoms with E-state index in [1.54, 1.807) is 23.1 Å². The molecule has 1 saturated heterocycles. The smallest absolute Gasteiger partial charge is 0.311 e. The maximum Gasteiger partial charge on any atom is 0.311 e. The fourth-order valence-electron chi connectivity index (χ4n) is 3.20. The summed E-state index contributed by atoms with van der Waals surface area (Å²) >= 11 is 0. The average molecular weight is 397 g/mol. The number of rotatable bonds is 7. The van der Waals surface area contributed by atoms with Gasteiger partial charge in [0.25, 0.3) is 0 Å². The molecule has 0 bridgehead atoms. The second kappa shape index (κ2) is 8.77. The van der Waals surface area contributed by atoms with E-state index in [4.69, 9.17) is 14.2 Å². The van der Waals surface area contributed by atoms with Crippen molar-refractivity contribution in [2.75, 3.05) is 32.3 Å². The summed E-state index contributed by atoms with van der Waals surface area (Å²) in [7, 11) is 2.96. The zero-order valence-electron chi connectivity index (χ0n) is 16.6. The number of hydrogen-bond donors (Lipinski definition) is 0. The van der Waals surface area contributed by atoms with E-state index in [0.717, 1.165) is 11.3 Å². The van der Waals surface area contributed by atoms with Crippen LogP contribution in [-0.4, -0.2) is 45.0 Å². The first-order chi connectivity index (χ1) is 13.9. The highest BCUT2D eigenvalue weighted by atomic mass is 16.5. The van der Waals surface area contributed by atoms with Gasteiger partial charge in [-0.15, -0.1) is 0 Å². The number of anilines is 1. The Morgan fingerprint density at radius 1 is 1.07 bits per heavy atom. The van der Waals surface area contributed by atoms with Crippen LogP contribution in [0.2, 0.25) is 0 Å². The fraction of sp³-hybridized carbons (Fsp3) is 0.318. The number of carbonyl (C=O) groups excluding carboxylic acids is 3. The van der Waals surface area contributed by atoms with Gasteiger partial charge in [-0.05, 0) is 31.2 Å². The zero-order valence-corrected chi connectivity index (χ0v) is 16.6. The molecule has 1 unspecified atom stereocenters. The Morgan fingerprint density at radius 2 is 1.79 bits per heavy atom. The van der Waals surface area contributed by atoms with Crippen LogP contribution in [0, 0.1) is 12.8 Å². The van der Waals surface area contributed by atoms with E-state index in [1.807, 2.05) is 31.2 Å². The third kappa shape index (κ3) is 4.56. The number of hydrogen-bond acceptors (Lipinski definition) is 6. The van der Waals surface area contributed by atoms with Crippen LogP contribution in [0.25, 0.3) is 0 Å². The monoisotopic (exact) mass is 397 g/mol. The van der Waals surface area contributed by atoms with Crippen LogP contribution in [0.1, 0.15) is 22.3 Å². The maximum absolute atomic E-state index is 12.5. The minimum absolute atomic E-state index is 0.0623. The molecule has 0 radical (unpaired) electrons. The molecular weight excluding hydrogens is 374 g/mol. The molecule has 2 aromatic carbocycles. The van der Waals surface area contributed by atoms with Gasteiger partial charge >= 0.3 is 5.97 Å². The predicted molar refractivity (Wildman–Crippen MR) is 106 cm³/mol. The van der Waals surface area contributed by atoms with Gasteiger partial charge in [0, 0.05) is 24.7 Å². The highest BCUT2D eigenvalue weighted by Crippen LogP contribution is 2.27. The molecule has 0 N–H and O–H groups in total. The summed E-state index contributed by atoms with van der Waals surface area (Å²) < 4.78 is 15.5. The summed E-state index contributed by atoms with van der Waals surface area (Å²) in [6.45, 7) is 1.78.